The fourth-order valence-corrected chi connectivity index (χ4v) is 2.66. The molecule has 0 heterocycles. The molecule has 2 nitrogen and oxygen atoms in total. The van der Waals surface area contributed by atoms with Gasteiger partial charge in [0.2, 0.25) is 0 Å². The van der Waals surface area contributed by atoms with E-state index in [1.807, 2.05) is 0 Å². The molecule has 0 aliphatic heterocycles. The molecule has 2 saturated carbocycles. The Morgan fingerprint density at radius 1 is 1.24 bits per heavy atom. The highest BCUT2D eigenvalue weighted by Gasteiger charge is 2.37. The molecule has 100 valence electrons. The van der Waals surface area contributed by atoms with E-state index in [2.05, 4.69) is 37.9 Å². The first-order valence-corrected chi connectivity index (χ1v) is 7.50. The standard InChI is InChI=1S/C15H30N2/c1-5-16-12(2)15(3,4)11-17(14-8-9-14)10-13-6-7-13/h12-14,16H,5-11H2,1-4H3. The van der Waals surface area contributed by atoms with Gasteiger partial charge in [0.05, 0.1) is 0 Å². The second-order valence-electron chi connectivity index (χ2n) is 6.87. The van der Waals surface area contributed by atoms with Crippen molar-refractivity contribution in [2.24, 2.45) is 11.3 Å². The number of hydrogen-bond acceptors (Lipinski definition) is 2. The predicted octanol–water partition coefficient (Wildman–Crippen LogP) is 2.89. The summed E-state index contributed by atoms with van der Waals surface area (Å²) in [4.78, 5) is 2.78. The maximum absolute atomic E-state index is 3.59. The van der Waals surface area contributed by atoms with Gasteiger partial charge in [0, 0.05) is 25.2 Å². The fourth-order valence-electron chi connectivity index (χ4n) is 2.66. The number of rotatable bonds is 8. The number of nitrogens with one attached hydrogen (secondary N) is 1. The molecule has 2 aliphatic carbocycles. The third-order valence-corrected chi connectivity index (χ3v) is 4.55. The van der Waals surface area contributed by atoms with Gasteiger partial charge in [-0.05, 0) is 50.5 Å². The summed E-state index contributed by atoms with van der Waals surface area (Å²) in [5.74, 6) is 1.03. The van der Waals surface area contributed by atoms with Crippen LogP contribution in [0.4, 0.5) is 0 Å². The van der Waals surface area contributed by atoms with E-state index in [9.17, 15) is 0 Å². The smallest absolute Gasteiger partial charge is 0.0102 e. The molecule has 1 unspecified atom stereocenters. The second-order valence-corrected chi connectivity index (χ2v) is 6.87. The van der Waals surface area contributed by atoms with Crippen LogP contribution in [0, 0.1) is 11.3 Å². The fraction of sp³-hybridized carbons (Fsp3) is 1.00. The van der Waals surface area contributed by atoms with Gasteiger partial charge in [-0.25, -0.2) is 0 Å². The topological polar surface area (TPSA) is 15.3 Å². The summed E-state index contributed by atoms with van der Waals surface area (Å²) >= 11 is 0. The minimum absolute atomic E-state index is 0.382. The minimum Gasteiger partial charge on any atom is -0.314 e. The van der Waals surface area contributed by atoms with Crippen molar-refractivity contribution in [3.8, 4) is 0 Å². The molecule has 0 radical (unpaired) electrons. The molecule has 1 N–H and O–H groups in total. The molecule has 2 rings (SSSR count). The van der Waals surface area contributed by atoms with Crippen LogP contribution in [0.1, 0.15) is 53.4 Å². The van der Waals surface area contributed by atoms with Crippen molar-refractivity contribution in [1.29, 1.82) is 0 Å². The molecule has 0 saturated heterocycles. The summed E-state index contributed by atoms with van der Waals surface area (Å²) in [5.41, 5.74) is 0.382. The van der Waals surface area contributed by atoms with Crippen LogP contribution in [0.3, 0.4) is 0 Å². The van der Waals surface area contributed by atoms with Gasteiger partial charge in [0.15, 0.2) is 0 Å². The monoisotopic (exact) mass is 238 g/mol. The van der Waals surface area contributed by atoms with Crippen LogP contribution in [0.2, 0.25) is 0 Å². The van der Waals surface area contributed by atoms with Gasteiger partial charge in [0.1, 0.15) is 0 Å². The van der Waals surface area contributed by atoms with Gasteiger partial charge in [-0.15, -0.1) is 0 Å². The van der Waals surface area contributed by atoms with E-state index in [0.29, 0.717) is 11.5 Å². The van der Waals surface area contributed by atoms with Crippen molar-refractivity contribution < 1.29 is 0 Å². The Hall–Kier alpha value is -0.0800. The van der Waals surface area contributed by atoms with Crippen LogP contribution in [0.5, 0.6) is 0 Å². The quantitative estimate of drug-likeness (QED) is 0.699. The van der Waals surface area contributed by atoms with Gasteiger partial charge in [-0.1, -0.05) is 20.8 Å². The Morgan fingerprint density at radius 2 is 1.88 bits per heavy atom. The highest BCUT2D eigenvalue weighted by Crippen LogP contribution is 2.37. The summed E-state index contributed by atoms with van der Waals surface area (Å²) in [7, 11) is 0. The lowest BCUT2D eigenvalue weighted by molar-refractivity contribution is 0.132. The molecule has 0 aromatic heterocycles. The summed E-state index contributed by atoms with van der Waals surface area (Å²) < 4.78 is 0. The average Bonchev–Trinajstić information content (AvgIpc) is 3.11. The van der Waals surface area contributed by atoms with Gasteiger partial charge < -0.3 is 5.32 Å². The van der Waals surface area contributed by atoms with Gasteiger partial charge in [-0.3, -0.25) is 4.90 Å². The lowest BCUT2D eigenvalue weighted by atomic mass is 9.84. The molecule has 1 atom stereocenters. The zero-order valence-electron chi connectivity index (χ0n) is 12.1. The summed E-state index contributed by atoms with van der Waals surface area (Å²) in [5, 5.41) is 3.59. The highest BCUT2D eigenvalue weighted by atomic mass is 15.2. The maximum Gasteiger partial charge on any atom is 0.0102 e. The number of nitrogens with zero attached hydrogens (tertiary/aromatic N) is 1. The molecule has 0 aromatic carbocycles. The lowest BCUT2D eigenvalue weighted by Crippen LogP contribution is -2.47. The third kappa shape index (κ3) is 3.96. The van der Waals surface area contributed by atoms with Gasteiger partial charge >= 0.3 is 0 Å². The van der Waals surface area contributed by atoms with Gasteiger partial charge in [0.25, 0.3) is 0 Å². The van der Waals surface area contributed by atoms with Crippen molar-refractivity contribution in [3.05, 3.63) is 0 Å². The molecule has 2 aliphatic rings. The Balaban J connectivity index is 1.85. The van der Waals surface area contributed by atoms with Crippen molar-refractivity contribution in [2.45, 2.75) is 65.5 Å². The van der Waals surface area contributed by atoms with Crippen molar-refractivity contribution in [3.63, 3.8) is 0 Å². The molecule has 0 spiro atoms. The zero-order valence-corrected chi connectivity index (χ0v) is 12.1. The molecule has 2 heteroatoms. The van der Waals surface area contributed by atoms with Crippen LogP contribution in [-0.4, -0.2) is 36.6 Å². The Labute approximate surface area is 107 Å². The largest absolute Gasteiger partial charge is 0.314 e. The number of hydrogen-bond donors (Lipinski definition) is 1. The van der Waals surface area contributed by atoms with Crippen molar-refractivity contribution in [1.82, 2.24) is 10.2 Å². The first kappa shape index (κ1) is 13.4. The van der Waals surface area contributed by atoms with Crippen molar-refractivity contribution >= 4 is 0 Å². The van der Waals surface area contributed by atoms with E-state index < -0.39 is 0 Å². The minimum atomic E-state index is 0.382. The maximum atomic E-state index is 3.59. The highest BCUT2D eigenvalue weighted by molar-refractivity contribution is 4.93. The predicted molar refractivity (Wildman–Crippen MR) is 74.2 cm³/mol. The molecule has 0 amide bonds. The Morgan fingerprint density at radius 3 is 2.35 bits per heavy atom. The van der Waals surface area contributed by atoms with Crippen LogP contribution < -0.4 is 5.32 Å². The van der Waals surface area contributed by atoms with E-state index in [1.165, 1.54) is 38.8 Å². The van der Waals surface area contributed by atoms with Crippen LogP contribution in [0.15, 0.2) is 0 Å². The molecular formula is C15H30N2. The third-order valence-electron chi connectivity index (χ3n) is 4.55. The Bertz CT molecular complexity index is 241. The van der Waals surface area contributed by atoms with Gasteiger partial charge in [-0.2, -0.15) is 0 Å². The lowest BCUT2D eigenvalue weighted by Gasteiger charge is -2.38. The molecular weight excluding hydrogens is 208 g/mol. The van der Waals surface area contributed by atoms with E-state index in [1.54, 1.807) is 0 Å². The second kappa shape index (κ2) is 5.27. The SMILES string of the molecule is CCNC(C)C(C)(C)CN(CC1CC1)C1CC1. The van der Waals surface area contributed by atoms with Crippen LogP contribution in [0.25, 0.3) is 0 Å². The van der Waals surface area contributed by atoms with E-state index in [0.717, 1.165) is 18.5 Å². The zero-order chi connectivity index (χ0) is 12.5. The summed E-state index contributed by atoms with van der Waals surface area (Å²) in [6.07, 6.45) is 5.84. The Kier molecular flexibility index (Phi) is 4.14. The molecule has 0 bridgehead atoms. The van der Waals surface area contributed by atoms with E-state index >= 15 is 0 Å². The summed E-state index contributed by atoms with van der Waals surface area (Å²) in [6, 6.07) is 1.52. The normalized spacial score (nSPS) is 23.1. The molecule has 0 aromatic rings. The summed E-state index contributed by atoms with van der Waals surface area (Å²) in [6.45, 7) is 13.1. The molecule has 17 heavy (non-hydrogen) atoms. The van der Waals surface area contributed by atoms with Crippen LogP contribution >= 0.6 is 0 Å². The van der Waals surface area contributed by atoms with Crippen molar-refractivity contribution in [2.75, 3.05) is 19.6 Å². The van der Waals surface area contributed by atoms with Crippen LogP contribution in [-0.2, 0) is 0 Å². The first-order chi connectivity index (χ1) is 8.03. The molecule has 2 fully saturated rings. The van der Waals surface area contributed by atoms with E-state index in [4.69, 9.17) is 0 Å². The van der Waals surface area contributed by atoms with E-state index in [-0.39, 0.29) is 0 Å². The first-order valence-electron chi connectivity index (χ1n) is 7.50. The average molecular weight is 238 g/mol.